The van der Waals surface area contributed by atoms with Gasteiger partial charge in [-0.1, -0.05) is 90.5 Å². The summed E-state index contributed by atoms with van der Waals surface area (Å²) in [6.07, 6.45) is 7.19. The Bertz CT molecular complexity index is 983. The van der Waals surface area contributed by atoms with Crippen LogP contribution in [0.1, 0.15) is 52.6 Å². The first-order valence-electron chi connectivity index (χ1n) is 10.2. The molecule has 0 unspecified atom stereocenters. The predicted molar refractivity (Wildman–Crippen MR) is 122 cm³/mol. The molecule has 0 N–H and O–H groups in total. The molecule has 0 amide bonds. The Balaban J connectivity index is 2.03. The summed E-state index contributed by atoms with van der Waals surface area (Å²) < 4.78 is 0. The first-order valence-corrected chi connectivity index (χ1v) is 10.2. The van der Waals surface area contributed by atoms with Crippen LogP contribution in [0.2, 0.25) is 0 Å². The van der Waals surface area contributed by atoms with Gasteiger partial charge in [0.15, 0.2) is 0 Å². The number of hydrogen-bond donors (Lipinski definition) is 0. The van der Waals surface area contributed by atoms with Crippen LogP contribution in [0.3, 0.4) is 0 Å². The lowest BCUT2D eigenvalue weighted by Crippen LogP contribution is -2.27. The van der Waals surface area contributed by atoms with Gasteiger partial charge in [-0.3, -0.25) is 0 Å². The van der Waals surface area contributed by atoms with Crippen molar-refractivity contribution in [2.75, 3.05) is 0 Å². The summed E-state index contributed by atoms with van der Waals surface area (Å²) in [5.74, 6) is 0. The van der Waals surface area contributed by atoms with Gasteiger partial charge in [0, 0.05) is 5.41 Å². The molecule has 28 heavy (non-hydrogen) atoms. The maximum Gasteiger partial charge on any atom is 0.0463 e. The maximum atomic E-state index is 3.95. The van der Waals surface area contributed by atoms with Gasteiger partial charge >= 0.3 is 0 Å². The fourth-order valence-electron chi connectivity index (χ4n) is 4.78. The number of benzene rings is 3. The van der Waals surface area contributed by atoms with Crippen LogP contribution in [-0.4, -0.2) is 0 Å². The molecule has 0 heterocycles. The minimum Gasteiger partial charge on any atom is -0.103 e. The Hall–Kier alpha value is -2.86. The van der Waals surface area contributed by atoms with Gasteiger partial charge in [-0.2, -0.15) is 0 Å². The lowest BCUT2D eigenvalue weighted by molar-refractivity contribution is 0.547. The molecule has 4 rings (SSSR count). The molecule has 1 aliphatic carbocycles. The van der Waals surface area contributed by atoms with Crippen molar-refractivity contribution in [2.45, 2.75) is 38.5 Å². The van der Waals surface area contributed by atoms with Crippen LogP contribution in [-0.2, 0) is 5.41 Å². The molecule has 0 spiro atoms. The second-order valence-electron chi connectivity index (χ2n) is 8.01. The highest BCUT2D eigenvalue weighted by Gasteiger charge is 2.44. The summed E-state index contributed by atoms with van der Waals surface area (Å²) in [7, 11) is 0. The molecule has 0 heteroatoms. The van der Waals surface area contributed by atoms with Crippen molar-refractivity contribution in [3.8, 4) is 11.1 Å². The van der Waals surface area contributed by atoms with E-state index in [0.29, 0.717) is 0 Å². The largest absolute Gasteiger partial charge is 0.103 e. The van der Waals surface area contributed by atoms with E-state index in [-0.39, 0.29) is 5.41 Å². The number of allylic oxidation sites excluding steroid dienone is 1. The molecular weight excluding hydrogens is 336 g/mol. The quantitative estimate of drug-likeness (QED) is 0.312. The van der Waals surface area contributed by atoms with Crippen molar-refractivity contribution in [2.24, 2.45) is 0 Å². The molecule has 1 aliphatic rings. The number of unbranched alkanes of at least 4 members (excludes halogenated alkanes) is 1. The van der Waals surface area contributed by atoms with E-state index in [1.54, 1.807) is 0 Å². The van der Waals surface area contributed by atoms with Crippen molar-refractivity contribution in [1.82, 2.24) is 0 Å². The van der Waals surface area contributed by atoms with Gasteiger partial charge in [0.05, 0.1) is 0 Å². The fourth-order valence-corrected chi connectivity index (χ4v) is 4.78. The van der Waals surface area contributed by atoms with E-state index in [4.69, 9.17) is 0 Å². The smallest absolute Gasteiger partial charge is 0.0463 e. The van der Waals surface area contributed by atoms with Gasteiger partial charge < -0.3 is 0 Å². The highest BCUT2D eigenvalue weighted by atomic mass is 14.5. The van der Waals surface area contributed by atoms with E-state index in [2.05, 4.69) is 87.7 Å². The number of aryl methyl sites for hydroxylation is 2. The minimum absolute atomic E-state index is 0.106. The zero-order chi connectivity index (χ0) is 19.7. The van der Waals surface area contributed by atoms with Crippen LogP contribution in [0.4, 0.5) is 0 Å². The summed E-state index contributed by atoms with van der Waals surface area (Å²) in [5, 5.41) is 0. The predicted octanol–water partition coefficient (Wildman–Crippen LogP) is 7.62. The SMILES string of the molecule is C=CCCCC1(c2ccc(C=C)cc2)c2cc(C)ccc2-c2ccc(C)cc21. The third-order valence-corrected chi connectivity index (χ3v) is 6.16. The van der Waals surface area contributed by atoms with Crippen LogP contribution >= 0.6 is 0 Å². The van der Waals surface area contributed by atoms with E-state index < -0.39 is 0 Å². The molecule has 0 bridgehead atoms. The Kier molecular flexibility index (Phi) is 4.81. The van der Waals surface area contributed by atoms with Crippen molar-refractivity contribution >= 4 is 6.08 Å². The Labute approximate surface area is 169 Å². The third kappa shape index (κ3) is 2.85. The van der Waals surface area contributed by atoms with E-state index in [1.807, 2.05) is 12.2 Å². The summed E-state index contributed by atoms with van der Waals surface area (Å²) in [6.45, 7) is 12.3. The summed E-state index contributed by atoms with van der Waals surface area (Å²) in [6, 6.07) is 22.9. The minimum atomic E-state index is -0.106. The van der Waals surface area contributed by atoms with Gasteiger partial charge in [0.25, 0.3) is 0 Å². The van der Waals surface area contributed by atoms with Crippen molar-refractivity contribution in [3.05, 3.63) is 113 Å². The van der Waals surface area contributed by atoms with Gasteiger partial charge in [0.2, 0.25) is 0 Å². The topological polar surface area (TPSA) is 0 Å². The van der Waals surface area contributed by atoms with E-state index in [0.717, 1.165) is 24.8 Å². The molecule has 3 aromatic rings. The molecule has 0 radical (unpaired) electrons. The van der Waals surface area contributed by atoms with Gasteiger partial charge in [-0.25, -0.2) is 0 Å². The molecular formula is C28H28. The average Bonchev–Trinajstić information content (AvgIpc) is 2.97. The lowest BCUT2D eigenvalue weighted by Gasteiger charge is -2.33. The van der Waals surface area contributed by atoms with Gasteiger partial charge in [-0.05, 0) is 66.5 Å². The zero-order valence-electron chi connectivity index (χ0n) is 17.0. The summed E-state index contributed by atoms with van der Waals surface area (Å²) in [5.41, 5.74) is 10.7. The van der Waals surface area contributed by atoms with Crippen molar-refractivity contribution in [1.29, 1.82) is 0 Å². The zero-order valence-corrected chi connectivity index (χ0v) is 17.0. The maximum absolute atomic E-state index is 3.95. The van der Waals surface area contributed by atoms with E-state index in [9.17, 15) is 0 Å². The molecule has 0 aromatic heterocycles. The first kappa shape index (κ1) is 18.5. The molecule has 0 saturated heterocycles. The van der Waals surface area contributed by atoms with Crippen molar-refractivity contribution in [3.63, 3.8) is 0 Å². The van der Waals surface area contributed by atoms with Crippen LogP contribution < -0.4 is 0 Å². The van der Waals surface area contributed by atoms with Gasteiger partial charge in [0.1, 0.15) is 0 Å². The van der Waals surface area contributed by atoms with E-state index >= 15 is 0 Å². The first-order chi connectivity index (χ1) is 13.6. The highest BCUT2D eigenvalue weighted by Crippen LogP contribution is 2.55. The van der Waals surface area contributed by atoms with Gasteiger partial charge in [-0.15, -0.1) is 6.58 Å². The number of rotatable bonds is 6. The Morgan fingerprint density at radius 1 is 0.786 bits per heavy atom. The standard InChI is InChI=1S/C28H28/c1-5-7-8-17-28(23-13-11-22(6-2)12-14-23)26-18-20(3)9-15-24(26)25-16-10-21(4)19-27(25)28/h5-6,9-16,18-19H,1-2,7-8,17H2,3-4H3. The van der Waals surface area contributed by atoms with Crippen LogP contribution in [0.25, 0.3) is 17.2 Å². The lowest BCUT2D eigenvalue weighted by atomic mass is 9.68. The molecule has 0 atom stereocenters. The normalized spacial score (nSPS) is 13.6. The third-order valence-electron chi connectivity index (χ3n) is 6.16. The molecule has 3 aromatic carbocycles. The molecule has 0 fully saturated rings. The molecule has 0 nitrogen and oxygen atoms in total. The monoisotopic (exact) mass is 364 g/mol. The van der Waals surface area contributed by atoms with E-state index in [1.165, 1.54) is 38.9 Å². The van der Waals surface area contributed by atoms with Crippen LogP contribution in [0.5, 0.6) is 0 Å². The second kappa shape index (κ2) is 7.28. The summed E-state index contributed by atoms with van der Waals surface area (Å²) in [4.78, 5) is 0. The average molecular weight is 365 g/mol. The Morgan fingerprint density at radius 3 is 1.86 bits per heavy atom. The molecule has 140 valence electrons. The second-order valence-corrected chi connectivity index (χ2v) is 8.01. The van der Waals surface area contributed by atoms with Crippen LogP contribution in [0.15, 0.2) is 79.9 Å². The molecule has 0 saturated carbocycles. The van der Waals surface area contributed by atoms with Crippen molar-refractivity contribution < 1.29 is 0 Å². The highest BCUT2D eigenvalue weighted by molar-refractivity contribution is 5.84. The Morgan fingerprint density at radius 2 is 1.36 bits per heavy atom. The summed E-state index contributed by atoms with van der Waals surface area (Å²) >= 11 is 0. The molecule has 0 aliphatic heterocycles. The number of hydrogen-bond acceptors (Lipinski definition) is 0. The number of fused-ring (bicyclic) bond motifs is 3. The van der Waals surface area contributed by atoms with Crippen LogP contribution in [0, 0.1) is 13.8 Å². The fraction of sp³-hybridized carbons (Fsp3) is 0.214.